The molecule has 2 rings (SSSR count). The molecule has 0 atom stereocenters. The minimum absolute atomic E-state index is 0.0819. The third-order valence-corrected chi connectivity index (χ3v) is 4.21. The highest BCUT2D eigenvalue weighted by Crippen LogP contribution is 2.25. The average Bonchev–Trinajstić information content (AvgIpc) is 2.73. The van der Waals surface area contributed by atoms with Gasteiger partial charge in [-0.05, 0) is 24.6 Å². The van der Waals surface area contributed by atoms with Gasteiger partial charge in [-0.25, -0.2) is 14.8 Å². The van der Waals surface area contributed by atoms with Crippen LogP contribution in [-0.2, 0) is 5.75 Å². The largest absolute Gasteiger partial charge is 0.477 e. The summed E-state index contributed by atoms with van der Waals surface area (Å²) in [5.41, 5.74) is 2.03. The Balaban J connectivity index is 2.04. The van der Waals surface area contributed by atoms with E-state index in [-0.39, 0.29) is 5.69 Å². The van der Waals surface area contributed by atoms with E-state index in [1.807, 2.05) is 18.4 Å². The molecule has 2 aromatic rings. The second kappa shape index (κ2) is 5.29. The fraction of sp³-hybridized carbons (Fsp3) is 0.182. The first-order valence-electron chi connectivity index (χ1n) is 4.88. The highest BCUT2D eigenvalue weighted by molar-refractivity contribution is 8.00. The van der Waals surface area contributed by atoms with Crippen molar-refractivity contribution < 1.29 is 9.90 Å². The number of aromatic nitrogens is 2. The zero-order valence-electron chi connectivity index (χ0n) is 9.08. The Morgan fingerprint density at radius 2 is 2.41 bits per heavy atom. The number of carboxylic acid groups (broad SMARTS) is 1. The summed E-state index contributed by atoms with van der Waals surface area (Å²) >= 11 is 3.20. The van der Waals surface area contributed by atoms with Crippen molar-refractivity contribution in [2.24, 2.45) is 0 Å². The molecule has 0 radical (unpaired) electrons. The van der Waals surface area contributed by atoms with Crippen LogP contribution in [0.1, 0.15) is 21.7 Å². The molecule has 0 spiro atoms. The Morgan fingerprint density at radius 3 is 3.06 bits per heavy atom. The molecular weight excluding hydrogens is 256 g/mol. The summed E-state index contributed by atoms with van der Waals surface area (Å²) in [6.45, 7) is 1.95. The molecule has 1 N–H and O–H groups in total. The van der Waals surface area contributed by atoms with Crippen molar-refractivity contribution in [2.75, 3.05) is 0 Å². The predicted octanol–water partition coefficient (Wildman–Crippen LogP) is 2.84. The molecule has 17 heavy (non-hydrogen) atoms. The average molecular weight is 266 g/mol. The summed E-state index contributed by atoms with van der Waals surface area (Å²) < 4.78 is 0.996. The molecule has 0 aromatic carbocycles. The maximum absolute atomic E-state index is 10.8. The standard InChI is InChI=1S/C11H10N2O2S2/c1-7-5-16-11(13-7)17-6-8-2-3-12-9(4-8)10(14)15/h2-5H,6H2,1H3,(H,14,15). The number of aryl methyl sites for hydroxylation is 1. The molecule has 2 heterocycles. The van der Waals surface area contributed by atoms with E-state index < -0.39 is 5.97 Å². The SMILES string of the molecule is Cc1csc(SCc2ccnc(C(=O)O)c2)n1. The van der Waals surface area contributed by atoms with E-state index in [4.69, 9.17) is 5.11 Å². The minimum Gasteiger partial charge on any atom is -0.477 e. The van der Waals surface area contributed by atoms with Gasteiger partial charge in [0.15, 0.2) is 0 Å². The first-order chi connectivity index (χ1) is 8.15. The van der Waals surface area contributed by atoms with E-state index in [1.54, 1.807) is 29.2 Å². The van der Waals surface area contributed by atoms with Crippen LogP contribution < -0.4 is 0 Å². The van der Waals surface area contributed by atoms with Crippen LogP contribution in [0.25, 0.3) is 0 Å². The molecule has 0 unspecified atom stereocenters. The van der Waals surface area contributed by atoms with Gasteiger partial charge in [-0.2, -0.15) is 0 Å². The van der Waals surface area contributed by atoms with Crippen LogP contribution in [-0.4, -0.2) is 21.0 Å². The predicted molar refractivity (Wildman–Crippen MR) is 67.6 cm³/mol. The lowest BCUT2D eigenvalue weighted by Gasteiger charge is -2.00. The van der Waals surface area contributed by atoms with Crippen molar-refractivity contribution >= 4 is 29.1 Å². The van der Waals surface area contributed by atoms with Crippen LogP contribution in [0, 0.1) is 6.92 Å². The smallest absolute Gasteiger partial charge is 0.354 e. The van der Waals surface area contributed by atoms with Gasteiger partial charge < -0.3 is 5.11 Å². The van der Waals surface area contributed by atoms with E-state index in [0.717, 1.165) is 15.6 Å². The molecule has 0 bridgehead atoms. The lowest BCUT2D eigenvalue weighted by Crippen LogP contribution is -2.00. The van der Waals surface area contributed by atoms with Gasteiger partial charge in [0.2, 0.25) is 0 Å². The van der Waals surface area contributed by atoms with Crippen molar-refractivity contribution in [1.29, 1.82) is 0 Å². The van der Waals surface area contributed by atoms with Crippen LogP contribution in [0.2, 0.25) is 0 Å². The van der Waals surface area contributed by atoms with Crippen LogP contribution >= 0.6 is 23.1 Å². The maximum atomic E-state index is 10.8. The summed E-state index contributed by atoms with van der Waals surface area (Å²) in [6, 6.07) is 3.41. The fourth-order valence-corrected chi connectivity index (χ4v) is 3.02. The Labute approximate surface area is 107 Å². The van der Waals surface area contributed by atoms with Crippen molar-refractivity contribution in [1.82, 2.24) is 9.97 Å². The number of pyridine rings is 1. The second-order valence-corrected chi connectivity index (χ2v) is 5.48. The van der Waals surface area contributed by atoms with Crippen LogP contribution in [0.4, 0.5) is 0 Å². The van der Waals surface area contributed by atoms with Gasteiger partial charge in [-0.1, -0.05) is 11.8 Å². The number of thiazole rings is 1. The van der Waals surface area contributed by atoms with Gasteiger partial charge >= 0.3 is 5.97 Å². The van der Waals surface area contributed by atoms with Gasteiger partial charge in [0.1, 0.15) is 10.0 Å². The molecule has 0 amide bonds. The van der Waals surface area contributed by atoms with E-state index in [0.29, 0.717) is 5.75 Å². The van der Waals surface area contributed by atoms with Crippen molar-refractivity contribution in [3.05, 3.63) is 40.7 Å². The van der Waals surface area contributed by atoms with Crippen molar-refractivity contribution in [3.63, 3.8) is 0 Å². The molecule has 2 aromatic heterocycles. The van der Waals surface area contributed by atoms with Crippen LogP contribution in [0.15, 0.2) is 28.0 Å². The van der Waals surface area contributed by atoms with E-state index in [9.17, 15) is 4.79 Å². The number of hydrogen-bond acceptors (Lipinski definition) is 5. The summed E-state index contributed by atoms with van der Waals surface area (Å²) in [7, 11) is 0. The molecule has 0 saturated heterocycles. The normalized spacial score (nSPS) is 10.4. The topological polar surface area (TPSA) is 63.1 Å². The Hall–Kier alpha value is -1.40. The van der Waals surface area contributed by atoms with Gasteiger partial charge in [0.05, 0.1) is 0 Å². The van der Waals surface area contributed by atoms with E-state index in [2.05, 4.69) is 9.97 Å². The molecule has 4 nitrogen and oxygen atoms in total. The molecule has 6 heteroatoms. The van der Waals surface area contributed by atoms with E-state index >= 15 is 0 Å². The molecule has 0 aliphatic carbocycles. The monoisotopic (exact) mass is 266 g/mol. The first kappa shape index (κ1) is 12.1. The summed E-state index contributed by atoms with van der Waals surface area (Å²) in [5.74, 6) is -0.294. The Kier molecular flexibility index (Phi) is 3.75. The number of aromatic carboxylic acids is 1. The highest BCUT2D eigenvalue weighted by Gasteiger charge is 2.06. The lowest BCUT2D eigenvalue weighted by atomic mass is 10.2. The summed E-state index contributed by atoms with van der Waals surface area (Å²) in [5, 5.41) is 10.8. The molecule has 88 valence electrons. The number of rotatable bonds is 4. The van der Waals surface area contributed by atoms with Gasteiger partial charge in [-0.15, -0.1) is 11.3 Å². The third kappa shape index (κ3) is 3.28. The number of carbonyl (C=O) groups is 1. The summed E-state index contributed by atoms with van der Waals surface area (Å²) in [4.78, 5) is 18.9. The zero-order chi connectivity index (χ0) is 12.3. The quantitative estimate of drug-likeness (QED) is 0.862. The molecule has 0 saturated carbocycles. The van der Waals surface area contributed by atoms with Crippen molar-refractivity contribution in [3.8, 4) is 0 Å². The van der Waals surface area contributed by atoms with Crippen molar-refractivity contribution in [2.45, 2.75) is 17.0 Å². The zero-order valence-corrected chi connectivity index (χ0v) is 10.7. The van der Waals surface area contributed by atoms with Gasteiger partial charge in [-0.3, -0.25) is 0 Å². The first-order valence-corrected chi connectivity index (χ1v) is 6.75. The molecule has 0 aliphatic heterocycles. The maximum Gasteiger partial charge on any atom is 0.354 e. The Bertz CT molecular complexity index is 540. The minimum atomic E-state index is -0.998. The van der Waals surface area contributed by atoms with Crippen LogP contribution in [0.5, 0.6) is 0 Å². The number of nitrogens with zero attached hydrogens (tertiary/aromatic N) is 2. The number of thioether (sulfide) groups is 1. The molecule has 0 fully saturated rings. The molecular formula is C11H10N2O2S2. The van der Waals surface area contributed by atoms with Crippen LogP contribution in [0.3, 0.4) is 0 Å². The molecule has 0 aliphatic rings. The van der Waals surface area contributed by atoms with Gasteiger partial charge in [0, 0.05) is 23.0 Å². The fourth-order valence-electron chi connectivity index (χ4n) is 1.22. The summed E-state index contributed by atoms with van der Waals surface area (Å²) in [6.07, 6.45) is 1.52. The Morgan fingerprint density at radius 1 is 1.59 bits per heavy atom. The number of carboxylic acids is 1. The highest BCUT2D eigenvalue weighted by atomic mass is 32.2. The van der Waals surface area contributed by atoms with Gasteiger partial charge in [0.25, 0.3) is 0 Å². The van der Waals surface area contributed by atoms with E-state index in [1.165, 1.54) is 6.20 Å². The second-order valence-electron chi connectivity index (χ2n) is 3.40. The number of hydrogen-bond donors (Lipinski definition) is 1. The lowest BCUT2D eigenvalue weighted by molar-refractivity contribution is 0.0690. The third-order valence-electron chi connectivity index (χ3n) is 2.00.